The van der Waals surface area contributed by atoms with Crippen molar-refractivity contribution >= 4 is 28.5 Å². The number of ether oxygens (including phenoxy) is 2. The van der Waals surface area contributed by atoms with Gasteiger partial charge in [-0.3, -0.25) is 4.90 Å². The number of nitrogens with one attached hydrogen (secondary N) is 1. The van der Waals surface area contributed by atoms with E-state index in [4.69, 9.17) is 9.47 Å². The highest BCUT2D eigenvalue weighted by molar-refractivity contribution is 5.91. The van der Waals surface area contributed by atoms with Crippen LogP contribution in [-0.2, 0) is 4.74 Å². The maximum atomic E-state index is 14.8. The Morgan fingerprint density at radius 3 is 2.47 bits per heavy atom. The molecular weight excluding hydrogens is 561 g/mol. The maximum absolute atomic E-state index is 14.8. The van der Waals surface area contributed by atoms with Crippen LogP contribution in [0.25, 0.3) is 10.9 Å². The minimum Gasteiger partial charge on any atom is -0.492 e. The molecule has 1 fully saturated rings. The number of hydrogen-bond acceptors (Lipinski definition) is 9. The molecule has 0 aliphatic carbocycles. The second-order valence-electron chi connectivity index (χ2n) is 10.3. The number of rotatable bonds is 10. The minimum absolute atomic E-state index is 0.134. The largest absolute Gasteiger partial charge is 0.492 e. The summed E-state index contributed by atoms with van der Waals surface area (Å²) < 4.78 is 51.9. The van der Waals surface area contributed by atoms with Crippen LogP contribution in [0.5, 0.6) is 5.75 Å². The van der Waals surface area contributed by atoms with E-state index < -0.39 is 23.8 Å². The van der Waals surface area contributed by atoms with Crippen molar-refractivity contribution in [3.05, 3.63) is 83.1 Å². The number of hydrogen-bond donors (Lipinski definition) is 1. The first-order valence-electron chi connectivity index (χ1n) is 14.0. The molecule has 2 aromatic heterocycles. The highest BCUT2D eigenvalue weighted by Crippen LogP contribution is 2.31. The number of methoxy groups -OCH3 is 1. The summed E-state index contributed by atoms with van der Waals surface area (Å²) >= 11 is 0. The lowest BCUT2D eigenvalue weighted by molar-refractivity contribution is 0.0600. The van der Waals surface area contributed by atoms with Gasteiger partial charge in [0.15, 0.2) is 0 Å². The molecule has 3 heterocycles. The van der Waals surface area contributed by atoms with Crippen LogP contribution in [0, 0.1) is 12.7 Å². The lowest BCUT2D eigenvalue weighted by Gasteiger charge is -2.35. The Balaban J connectivity index is 1.22. The Morgan fingerprint density at radius 2 is 1.77 bits per heavy atom. The monoisotopic (exact) mass is 594 g/mol. The fourth-order valence-corrected chi connectivity index (χ4v) is 5.07. The van der Waals surface area contributed by atoms with Crippen LogP contribution in [0.4, 0.5) is 24.8 Å². The van der Waals surface area contributed by atoms with E-state index in [2.05, 4.69) is 30.1 Å². The van der Waals surface area contributed by atoms with Crippen LogP contribution in [-0.4, -0.2) is 72.3 Å². The van der Waals surface area contributed by atoms with Gasteiger partial charge in [-0.1, -0.05) is 18.2 Å². The Labute approximate surface area is 247 Å². The number of benzene rings is 2. The minimum atomic E-state index is -2.90. The predicted molar refractivity (Wildman–Crippen MR) is 157 cm³/mol. The van der Waals surface area contributed by atoms with Crippen molar-refractivity contribution in [2.45, 2.75) is 26.3 Å². The number of alkyl halides is 2. The third kappa shape index (κ3) is 6.96. The van der Waals surface area contributed by atoms with E-state index in [0.717, 1.165) is 44.6 Å². The van der Waals surface area contributed by atoms with Crippen LogP contribution in [0.15, 0.2) is 54.7 Å². The SMILES string of the molecule is COC(=O)c1ccc(OCCN2CCN(c3cc4c(NC(C)c5cccc(C(F)F)c5F)nc(C)nc4cn3)CC2)cc1. The van der Waals surface area contributed by atoms with Crippen molar-refractivity contribution in [1.82, 2.24) is 19.9 Å². The highest BCUT2D eigenvalue weighted by Gasteiger charge is 2.22. The second-order valence-corrected chi connectivity index (χ2v) is 10.3. The number of aryl methyl sites for hydroxylation is 1. The van der Waals surface area contributed by atoms with Gasteiger partial charge < -0.3 is 19.7 Å². The van der Waals surface area contributed by atoms with Crippen LogP contribution in [0.2, 0.25) is 0 Å². The molecule has 0 amide bonds. The number of nitrogens with zero attached hydrogens (tertiary/aromatic N) is 5. The first kappa shape index (κ1) is 30.0. The number of pyridine rings is 1. The Hall–Kier alpha value is -4.45. The highest BCUT2D eigenvalue weighted by atomic mass is 19.3. The van der Waals surface area contributed by atoms with Crippen molar-refractivity contribution in [3.8, 4) is 5.75 Å². The van der Waals surface area contributed by atoms with Gasteiger partial charge in [-0.2, -0.15) is 0 Å². The van der Waals surface area contributed by atoms with E-state index in [1.165, 1.54) is 19.2 Å². The van der Waals surface area contributed by atoms with Gasteiger partial charge in [-0.15, -0.1) is 0 Å². The standard InChI is InChI=1S/C31H33F3N6O3/c1-19(23-5-4-6-24(28(23)32)29(33)34)36-30-25-17-27(35-18-26(25)37-20(2)38-30)40-13-11-39(12-14-40)15-16-43-22-9-7-21(8-10-22)31(41)42-3/h4-10,17-19,29H,11-16H2,1-3H3,(H,36,37,38). The molecule has 0 spiro atoms. The van der Waals surface area contributed by atoms with Gasteiger partial charge in [-0.05, 0) is 44.2 Å². The number of carbonyl (C=O) groups excluding carboxylic acids is 1. The first-order chi connectivity index (χ1) is 20.7. The fraction of sp³-hybridized carbons (Fsp3) is 0.355. The molecule has 226 valence electrons. The number of aromatic nitrogens is 3. The molecule has 1 atom stereocenters. The van der Waals surface area contributed by atoms with Gasteiger partial charge in [-0.25, -0.2) is 32.9 Å². The first-order valence-corrected chi connectivity index (χ1v) is 14.0. The van der Waals surface area contributed by atoms with Crippen molar-refractivity contribution in [2.75, 3.05) is 56.7 Å². The summed E-state index contributed by atoms with van der Waals surface area (Å²) in [4.78, 5) is 29.8. The van der Waals surface area contributed by atoms with Gasteiger partial charge in [0.25, 0.3) is 6.43 Å². The molecule has 1 unspecified atom stereocenters. The number of carbonyl (C=O) groups is 1. The average molecular weight is 595 g/mol. The molecule has 2 aromatic carbocycles. The van der Waals surface area contributed by atoms with Crippen LogP contribution < -0.4 is 15.0 Å². The quantitative estimate of drug-likeness (QED) is 0.237. The lowest BCUT2D eigenvalue weighted by Crippen LogP contribution is -2.47. The summed E-state index contributed by atoms with van der Waals surface area (Å²) in [6.45, 7) is 7.86. The molecule has 1 aliphatic rings. The molecule has 5 rings (SSSR count). The summed E-state index contributed by atoms with van der Waals surface area (Å²) in [7, 11) is 1.35. The zero-order valence-electron chi connectivity index (χ0n) is 24.2. The Bertz CT molecular complexity index is 1580. The number of esters is 1. The zero-order valence-corrected chi connectivity index (χ0v) is 24.2. The number of anilines is 2. The molecule has 0 saturated carbocycles. The number of fused-ring (bicyclic) bond motifs is 1. The van der Waals surface area contributed by atoms with E-state index >= 15 is 0 Å². The van der Waals surface area contributed by atoms with E-state index in [1.807, 2.05) is 6.07 Å². The van der Waals surface area contributed by atoms with E-state index in [9.17, 15) is 18.0 Å². The molecule has 43 heavy (non-hydrogen) atoms. The van der Waals surface area contributed by atoms with Crippen molar-refractivity contribution in [2.24, 2.45) is 0 Å². The van der Waals surface area contributed by atoms with Gasteiger partial charge in [0.05, 0.1) is 36.0 Å². The van der Waals surface area contributed by atoms with E-state index in [0.29, 0.717) is 40.5 Å². The van der Waals surface area contributed by atoms with E-state index in [-0.39, 0.29) is 11.5 Å². The molecule has 9 nitrogen and oxygen atoms in total. The van der Waals surface area contributed by atoms with Gasteiger partial charge >= 0.3 is 5.97 Å². The molecule has 1 N–H and O–H groups in total. The summed E-state index contributed by atoms with van der Waals surface area (Å²) in [5.41, 5.74) is 0.611. The molecular formula is C31H33F3N6O3. The molecule has 12 heteroatoms. The molecule has 1 saturated heterocycles. The van der Waals surface area contributed by atoms with Gasteiger partial charge in [0.1, 0.15) is 35.6 Å². The number of halogens is 3. The van der Waals surface area contributed by atoms with Crippen molar-refractivity contribution < 1.29 is 27.4 Å². The average Bonchev–Trinajstić information content (AvgIpc) is 3.01. The van der Waals surface area contributed by atoms with Crippen LogP contribution >= 0.6 is 0 Å². The third-order valence-electron chi connectivity index (χ3n) is 7.44. The van der Waals surface area contributed by atoms with Crippen LogP contribution in [0.1, 0.15) is 46.7 Å². The Morgan fingerprint density at radius 1 is 1.05 bits per heavy atom. The lowest BCUT2D eigenvalue weighted by atomic mass is 10.0. The second kappa shape index (κ2) is 13.2. The molecule has 4 aromatic rings. The fourth-order valence-electron chi connectivity index (χ4n) is 5.07. The molecule has 1 aliphatic heterocycles. The summed E-state index contributed by atoms with van der Waals surface area (Å²) in [6.07, 6.45) is -1.21. The summed E-state index contributed by atoms with van der Waals surface area (Å²) in [6, 6.07) is 12.2. The molecule has 0 radical (unpaired) electrons. The third-order valence-corrected chi connectivity index (χ3v) is 7.44. The maximum Gasteiger partial charge on any atom is 0.337 e. The van der Waals surface area contributed by atoms with Crippen molar-refractivity contribution in [1.29, 1.82) is 0 Å². The number of piperazine rings is 1. The molecule has 0 bridgehead atoms. The van der Waals surface area contributed by atoms with Gasteiger partial charge in [0, 0.05) is 43.7 Å². The van der Waals surface area contributed by atoms with Gasteiger partial charge in [0.2, 0.25) is 0 Å². The normalized spacial score (nSPS) is 14.6. The van der Waals surface area contributed by atoms with Crippen LogP contribution in [0.3, 0.4) is 0 Å². The van der Waals surface area contributed by atoms with Crippen molar-refractivity contribution in [3.63, 3.8) is 0 Å². The smallest absolute Gasteiger partial charge is 0.337 e. The predicted octanol–water partition coefficient (Wildman–Crippen LogP) is 5.57. The summed E-state index contributed by atoms with van der Waals surface area (Å²) in [5.74, 6) is 1.14. The van der Waals surface area contributed by atoms with E-state index in [1.54, 1.807) is 44.3 Å². The topological polar surface area (TPSA) is 92.7 Å². The summed E-state index contributed by atoms with van der Waals surface area (Å²) in [5, 5.41) is 3.92. The Kier molecular flexibility index (Phi) is 9.24. The zero-order chi connectivity index (χ0) is 30.5.